The van der Waals surface area contributed by atoms with Crippen molar-refractivity contribution in [3.05, 3.63) is 28.8 Å². The third kappa shape index (κ3) is 3.86. The summed E-state index contributed by atoms with van der Waals surface area (Å²) in [5, 5.41) is 5.79. The standard InChI is InChI=1S/C14H19ClN4O2/c1-14(2,16)8-18-12(20)10-7-9(3-4-11(10)15)19-6-5-17-13(19)21/h3-4,7H,5-6,8,16H2,1-2H3,(H,17,21)(H,18,20). The highest BCUT2D eigenvalue weighted by Gasteiger charge is 2.23. The molecule has 1 fully saturated rings. The number of amides is 3. The van der Waals surface area contributed by atoms with Crippen LogP contribution in [-0.4, -0.2) is 37.1 Å². The molecule has 1 aromatic rings. The van der Waals surface area contributed by atoms with Crippen molar-refractivity contribution in [3.8, 4) is 0 Å². The lowest BCUT2D eigenvalue weighted by Gasteiger charge is -2.20. The van der Waals surface area contributed by atoms with E-state index in [1.54, 1.807) is 23.1 Å². The first-order chi connectivity index (χ1) is 9.78. The van der Waals surface area contributed by atoms with Gasteiger partial charge in [-0.1, -0.05) is 11.6 Å². The molecule has 6 nitrogen and oxygen atoms in total. The van der Waals surface area contributed by atoms with E-state index in [0.29, 0.717) is 35.9 Å². The molecule has 7 heteroatoms. The van der Waals surface area contributed by atoms with Gasteiger partial charge in [-0.2, -0.15) is 0 Å². The Labute approximate surface area is 128 Å². The predicted octanol–water partition coefficient (Wildman–Crippen LogP) is 1.34. The Morgan fingerprint density at radius 3 is 2.81 bits per heavy atom. The molecule has 1 aliphatic rings. The second kappa shape index (κ2) is 5.91. The van der Waals surface area contributed by atoms with Crippen LogP contribution < -0.4 is 21.3 Å². The summed E-state index contributed by atoms with van der Waals surface area (Å²) in [6, 6.07) is 4.78. The average Bonchev–Trinajstić information content (AvgIpc) is 2.82. The van der Waals surface area contributed by atoms with Gasteiger partial charge in [0.2, 0.25) is 0 Å². The van der Waals surface area contributed by atoms with Crippen molar-refractivity contribution < 1.29 is 9.59 Å². The maximum absolute atomic E-state index is 12.2. The summed E-state index contributed by atoms with van der Waals surface area (Å²) in [6.45, 7) is 5.12. The summed E-state index contributed by atoms with van der Waals surface area (Å²) >= 11 is 6.07. The first-order valence-corrected chi connectivity index (χ1v) is 7.08. The van der Waals surface area contributed by atoms with Crippen LogP contribution in [0.5, 0.6) is 0 Å². The van der Waals surface area contributed by atoms with E-state index >= 15 is 0 Å². The Kier molecular flexibility index (Phi) is 4.39. The molecule has 0 bridgehead atoms. The van der Waals surface area contributed by atoms with Gasteiger partial charge in [-0.3, -0.25) is 9.69 Å². The third-order valence-corrected chi connectivity index (χ3v) is 3.40. The number of anilines is 1. The van der Waals surface area contributed by atoms with Crippen molar-refractivity contribution in [1.29, 1.82) is 0 Å². The van der Waals surface area contributed by atoms with Gasteiger partial charge >= 0.3 is 6.03 Å². The molecule has 0 spiro atoms. The van der Waals surface area contributed by atoms with Crippen molar-refractivity contribution in [2.24, 2.45) is 5.73 Å². The van der Waals surface area contributed by atoms with E-state index < -0.39 is 5.54 Å². The van der Waals surface area contributed by atoms with Crippen molar-refractivity contribution >= 4 is 29.2 Å². The fourth-order valence-electron chi connectivity index (χ4n) is 1.98. The number of nitrogens with two attached hydrogens (primary N) is 1. The Hall–Kier alpha value is -1.79. The molecular weight excluding hydrogens is 292 g/mol. The van der Waals surface area contributed by atoms with Crippen LogP contribution in [0.4, 0.5) is 10.5 Å². The normalized spacial score (nSPS) is 15.0. The minimum atomic E-state index is -0.505. The molecule has 1 heterocycles. The number of nitrogens with zero attached hydrogens (tertiary/aromatic N) is 1. The van der Waals surface area contributed by atoms with E-state index in [4.69, 9.17) is 17.3 Å². The van der Waals surface area contributed by atoms with Crippen LogP contribution in [-0.2, 0) is 0 Å². The van der Waals surface area contributed by atoms with Crippen LogP contribution in [0, 0.1) is 0 Å². The number of benzene rings is 1. The third-order valence-electron chi connectivity index (χ3n) is 3.07. The van der Waals surface area contributed by atoms with Crippen molar-refractivity contribution in [2.75, 3.05) is 24.5 Å². The summed E-state index contributed by atoms with van der Waals surface area (Å²) in [7, 11) is 0. The fraction of sp³-hybridized carbons (Fsp3) is 0.429. The quantitative estimate of drug-likeness (QED) is 0.784. The zero-order valence-electron chi connectivity index (χ0n) is 12.1. The van der Waals surface area contributed by atoms with Crippen LogP contribution in [0.25, 0.3) is 0 Å². The summed E-state index contributed by atoms with van der Waals surface area (Å²) in [6.07, 6.45) is 0. The molecular formula is C14H19ClN4O2. The maximum atomic E-state index is 12.2. The molecule has 21 heavy (non-hydrogen) atoms. The van der Waals surface area contributed by atoms with Crippen LogP contribution >= 0.6 is 11.6 Å². The van der Waals surface area contributed by atoms with Gasteiger partial charge in [0.05, 0.1) is 10.6 Å². The Morgan fingerprint density at radius 1 is 1.52 bits per heavy atom. The molecule has 0 saturated carbocycles. The van der Waals surface area contributed by atoms with Crippen molar-refractivity contribution in [1.82, 2.24) is 10.6 Å². The van der Waals surface area contributed by atoms with Gasteiger partial charge in [-0.25, -0.2) is 4.79 Å². The SMILES string of the molecule is CC(C)(N)CNC(=O)c1cc(N2CCNC2=O)ccc1Cl. The van der Waals surface area contributed by atoms with Crippen LogP contribution in [0.1, 0.15) is 24.2 Å². The predicted molar refractivity (Wildman–Crippen MR) is 82.8 cm³/mol. The van der Waals surface area contributed by atoms with E-state index in [0.717, 1.165) is 0 Å². The molecule has 2 rings (SSSR count). The number of hydrogen-bond donors (Lipinski definition) is 3. The summed E-state index contributed by atoms with van der Waals surface area (Å²) in [5.74, 6) is -0.306. The van der Waals surface area contributed by atoms with E-state index in [9.17, 15) is 9.59 Å². The van der Waals surface area contributed by atoms with Gasteiger partial charge in [0, 0.05) is 30.9 Å². The molecule has 1 aromatic carbocycles. The highest BCUT2D eigenvalue weighted by molar-refractivity contribution is 6.34. The van der Waals surface area contributed by atoms with E-state index in [2.05, 4.69) is 10.6 Å². The number of hydrogen-bond acceptors (Lipinski definition) is 3. The fourth-order valence-corrected chi connectivity index (χ4v) is 2.18. The molecule has 1 aliphatic heterocycles. The molecule has 0 aromatic heterocycles. The average molecular weight is 311 g/mol. The Morgan fingerprint density at radius 2 is 2.24 bits per heavy atom. The molecule has 0 atom stereocenters. The molecule has 3 amide bonds. The molecule has 114 valence electrons. The number of carbonyl (C=O) groups is 2. The molecule has 4 N–H and O–H groups in total. The van der Waals surface area contributed by atoms with E-state index in [1.165, 1.54) is 0 Å². The molecule has 0 unspecified atom stereocenters. The minimum absolute atomic E-state index is 0.174. The minimum Gasteiger partial charge on any atom is -0.350 e. The van der Waals surface area contributed by atoms with Crippen LogP contribution in [0.2, 0.25) is 5.02 Å². The molecule has 1 saturated heterocycles. The van der Waals surface area contributed by atoms with Crippen LogP contribution in [0.3, 0.4) is 0 Å². The van der Waals surface area contributed by atoms with Gasteiger partial charge in [0.25, 0.3) is 5.91 Å². The zero-order chi connectivity index (χ0) is 15.6. The van der Waals surface area contributed by atoms with Gasteiger partial charge in [-0.15, -0.1) is 0 Å². The smallest absolute Gasteiger partial charge is 0.321 e. The lowest BCUT2D eigenvalue weighted by Crippen LogP contribution is -2.45. The number of rotatable bonds is 4. The van der Waals surface area contributed by atoms with Gasteiger partial charge in [0.1, 0.15) is 0 Å². The second-order valence-electron chi connectivity index (χ2n) is 5.72. The summed E-state index contributed by atoms with van der Waals surface area (Å²) in [5.41, 5.74) is 6.31. The zero-order valence-corrected chi connectivity index (χ0v) is 12.8. The maximum Gasteiger partial charge on any atom is 0.321 e. The summed E-state index contributed by atoms with van der Waals surface area (Å²) < 4.78 is 0. The number of urea groups is 1. The lowest BCUT2D eigenvalue weighted by atomic mass is 10.1. The van der Waals surface area contributed by atoms with Crippen molar-refractivity contribution in [2.45, 2.75) is 19.4 Å². The highest BCUT2D eigenvalue weighted by Crippen LogP contribution is 2.24. The second-order valence-corrected chi connectivity index (χ2v) is 6.13. The largest absolute Gasteiger partial charge is 0.350 e. The Balaban J connectivity index is 2.19. The first kappa shape index (κ1) is 15.6. The monoisotopic (exact) mass is 310 g/mol. The topological polar surface area (TPSA) is 87.5 Å². The first-order valence-electron chi connectivity index (χ1n) is 6.70. The summed E-state index contributed by atoms with van der Waals surface area (Å²) in [4.78, 5) is 25.4. The number of halogens is 1. The van der Waals surface area contributed by atoms with E-state index in [-0.39, 0.29) is 11.9 Å². The molecule has 0 radical (unpaired) electrons. The van der Waals surface area contributed by atoms with Crippen molar-refractivity contribution in [3.63, 3.8) is 0 Å². The highest BCUT2D eigenvalue weighted by atomic mass is 35.5. The Bertz CT molecular complexity index is 569. The number of carbonyl (C=O) groups excluding carboxylic acids is 2. The van der Waals surface area contributed by atoms with Gasteiger partial charge in [0.15, 0.2) is 0 Å². The van der Waals surface area contributed by atoms with Crippen LogP contribution in [0.15, 0.2) is 18.2 Å². The number of nitrogens with one attached hydrogen (secondary N) is 2. The van der Waals surface area contributed by atoms with Gasteiger partial charge < -0.3 is 16.4 Å². The van der Waals surface area contributed by atoms with E-state index in [1.807, 2.05) is 13.8 Å². The lowest BCUT2D eigenvalue weighted by molar-refractivity contribution is 0.0946. The van der Waals surface area contributed by atoms with Gasteiger partial charge in [-0.05, 0) is 32.0 Å². The molecule has 0 aliphatic carbocycles.